The number of hydrogen-bond donors (Lipinski definition) is 0. The molecular weight excluding hydrogens is 142 g/mol. The molecule has 3 nitrogen and oxygen atoms in total. The molecule has 0 aromatic carbocycles. The molecule has 1 heterocycles. The Morgan fingerprint density at radius 1 is 1.64 bits per heavy atom. The molecule has 0 radical (unpaired) electrons. The van der Waals surface area contributed by atoms with Gasteiger partial charge in [0.25, 0.3) is 0 Å². The molecule has 0 atom stereocenters. The van der Waals surface area contributed by atoms with E-state index >= 15 is 0 Å². The van der Waals surface area contributed by atoms with Crippen molar-refractivity contribution in [3.8, 4) is 0 Å². The number of ether oxygens (including phenoxy) is 1. The third-order valence-corrected chi connectivity index (χ3v) is 1.27. The highest BCUT2D eigenvalue weighted by molar-refractivity contribution is 5.01. The van der Waals surface area contributed by atoms with E-state index in [1.165, 1.54) is 0 Å². The van der Waals surface area contributed by atoms with E-state index in [4.69, 9.17) is 9.26 Å². The summed E-state index contributed by atoms with van der Waals surface area (Å²) in [7, 11) is 0. The summed E-state index contributed by atoms with van der Waals surface area (Å²) >= 11 is 0. The van der Waals surface area contributed by atoms with E-state index in [2.05, 4.69) is 12.1 Å². The molecule has 0 bridgehead atoms. The Bertz CT molecular complexity index is 208. The quantitative estimate of drug-likeness (QED) is 0.623. The summed E-state index contributed by atoms with van der Waals surface area (Å²) in [6.45, 7) is 5.28. The average molecular weight is 155 g/mol. The fourth-order valence-corrected chi connectivity index (χ4v) is 0.801. The maximum Gasteiger partial charge on any atom is 0.162 e. The molecule has 1 aromatic heterocycles. The Morgan fingerprint density at radius 2 is 2.45 bits per heavy atom. The Kier molecular flexibility index (Phi) is 3.11. The summed E-state index contributed by atoms with van der Waals surface area (Å²) in [4.78, 5) is 0. The van der Waals surface area contributed by atoms with Gasteiger partial charge in [0.05, 0.1) is 5.69 Å². The molecule has 0 N–H and O–H groups in total. The summed E-state index contributed by atoms with van der Waals surface area (Å²) in [5.74, 6) is 0.802. The highest BCUT2D eigenvalue weighted by atomic mass is 16.5. The van der Waals surface area contributed by atoms with Gasteiger partial charge in [0.1, 0.15) is 6.61 Å². The predicted octanol–water partition coefficient (Wildman–Crippen LogP) is 1.91. The van der Waals surface area contributed by atoms with E-state index in [1.54, 1.807) is 0 Å². The van der Waals surface area contributed by atoms with E-state index < -0.39 is 0 Å². The highest BCUT2D eigenvalue weighted by Crippen LogP contribution is 2.03. The summed E-state index contributed by atoms with van der Waals surface area (Å²) in [6, 6.07) is 1.88. The first-order valence-corrected chi connectivity index (χ1v) is 3.83. The third-order valence-electron chi connectivity index (χ3n) is 1.27. The standard InChI is InChI=1S/C8H13NO2/c1-3-4-10-6-8-5-7(2)9-11-8/h5H,3-4,6H2,1-2H3. The van der Waals surface area contributed by atoms with Crippen LogP contribution < -0.4 is 0 Å². The molecular formula is C8H13NO2. The van der Waals surface area contributed by atoms with Crippen molar-refractivity contribution in [3.05, 3.63) is 17.5 Å². The maximum absolute atomic E-state index is 5.25. The van der Waals surface area contributed by atoms with Gasteiger partial charge in [0.15, 0.2) is 5.76 Å². The minimum absolute atomic E-state index is 0.536. The van der Waals surface area contributed by atoms with Crippen molar-refractivity contribution in [1.82, 2.24) is 5.16 Å². The fraction of sp³-hybridized carbons (Fsp3) is 0.625. The smallest absolute Gasteiger partial charge is 0.162 e. The largest absolute Gasteiger partial charge is 0.373 e. The molecule has 0 fully saturated rings. The first-order chi connectivity index (χ1) is 5.33. The van der Waals surface area contributed by atoms with Gasteiger partial charge in [-0.1, -0.05) is 12.1 Å². The van der Waals surface area contributed by atoms with E-state index in [1.807, 2.05) is 13.0 Å². The van der Waals surface area contributed by atoms with Crippen molar-refractivity contribution in [2.24, 2.45) is 0 Å². The first kappa shape index (κ1) is 8.27. The Balaban J connectivity index is 2.27. The van der Waals surface area contributed by atoms with Crippen LogP contribution in [0, 0.1) is 6.92 Å². The second kappa shape index (κ2) is 4.13. The molecule has 1 aromatic rings. The first-order valence-electron chi connectivity index (χ1n) is 3.83. The molecule has 0 aliphatic heterocycles. The fourth-order valence-electron chi connectivity index (χ4n) is 0.801. The van der Waals surface area contributed by atoms with Gasteiger partial charge in [-0.2, -0.15) is 0 Å². The lowest BCUT2D eigenvalue weighted by molar-refractivity contribution is 0.102. The van der Waals surface area contributed by atoms with Crippen molar-refractivity contribution in [1.29, 1.82) is 0 Å². The second-order valence-electron chi connectivity index (χ2n) is 2.49. The van der Waals surface area contributed by atoms with Crippen LogP contribution in [0.25, 0.3) is 0 Å². The van der Waals surface area contributed by atoms with Crippen LogP contribution in [0.2, 0.25) is 0 Å². The molecule has 3 heteroatoms. The number of nitrogens with zero attached hydrogens (tertiary/aromatic N) is 1. The zero-order valence-corrected chi connectivity index (χ0v) is 6.96. The van der Waals surface area contributed by atoms with Crippen LogP contribution in [0.3, 0.4) is 0 Å². The normalized spacial score (nSPS) is 10.4. The molecule has 0 saturated heterocycles. The van der Waals surface area contributed by atoms with Crippen molar-refractivity contribution in [2.75, 3.05) is 6.61 Å². The lowest BCUT2D eigenvalue weighted by Gasteiger charge is -1.95. The zero-order chi connectivity index (χ0) is 8.10. The minimum Gasteiger partial charge on any atom is -0.373 e. The Morgan fingerprint density at radius 3 is 3.00 bits per heavy atom. The van der Waals surface area contributed by atoms with Crippen LogP contribution in [0.4, 0.5) is 0 Å². The molecule has 62 valence electrons. The van der Waals surface area contributed by atoms with Crippen LogP contribution in [-0.2, 0) is 11.3 Å². The molecule has 11 heavy (non-hydrogen) atoms. The van der Waals surface area contributed by atoms with Crippen LogP contribution in [0.5, 0.6) is 0 Å². The van der Waals surface area contributed by atoms with Crippen molar-refractivity contribution in [2.45, 2.75) is 26.9 Å². The van der Waals surface area contributed by atoms with Gasteiger partial charge in [0, 0.05) is 12.7 Å². The number of hydrogen-bond acceptors (Lipinski definition) is 3. The minimum atomic E-state index is 0.536. The lowest BCUT2D eigenvalue weighted by atomic mass is 10.4. The Hall–Kier alpha value is -0.830. The summed E-state index contributed by atoms with van der Waals surface area (Å²) in [5, 5.41) is 3.74. The molecule has 0 aliphatic rings. The van der Waals surface area contributed by atoms with E-state index in [-0.39, 0.29) is 0 Å². The second-order valence-corrected chi connectivity index (χ2v) is 2.49. The van der Waals surface area contributed by atoms with Crippen LogP contribution in [0.15, 0.2) is 10.6 Å². The van der Waals surface area contributed by atoms with Gasteiger partial charge < -0.3 is 9.26 Å². The van der Waals surface area contributed by atoms with Crippen molar-refractivity contribution >= 4 is 0 Å². The van der Waals surface area contributed by atoms with Gasteiger partial charge in [-0.15, -0.1) is 0 Å². The van der Waals surface area contributed by atoms with Gasteiger partial charge >= 0.3 is 0 Å². The number of aryl methyl sites for hydroxylation is 1. The van der Waals surface area contributed by atoms with Gasteiger partial charge in [-0.3, -0.25) is 0 Å². The SMILES string of the molecule is CCCOCc1cc(C)no1. The van der Waals surface area contributed by atoms with Crippen molar-refractivity contribution in [3.63, 3.8) is 0 Å². The third kappa shape index (κ3) is 2.72. The molecule has 0 amide bonds. The molecule has 0 saturated carbocycles. The topological polar surface area (TPSA) is 35.3 Å². The van der Waals surface area contributed by atoms with Crippen LogP contribution in [0.1, 0.15) is 24.8 Å². The van der Waals surface area contributed by atoms with E-state index in [9.17, 15) is 0 Å². The average Bonchev–Trinajstić information content (AvgIpc) is 2.37. The number of rotatable bonds is 4. The zero-order valence-electron chi connectivity index (χ0n) is 6.96. The van der Waals surface area contributed by atoms with E-state index in [0.29, 0.717) is 6.61 Å². The van der Waals surface area contributed by atoms with E-state index in [0.717, 1.165) is 24.5 Å². The molecule has 0 unspecified atom stereocenters. The maximum atomic E-state index is 5.25. The molecule has 1 rings (SSSR count). The van der Waals surface area contributed by atoms with Crippen LogP contribution in [-0.4, -0.2) is 11.8 Å². The van der Waals surface area contributed by atoms with Gasteiger partial charge in [-0.05, 0) is 13.3 Å². The van der Waals surface area contributed by atoms with Gasteiger partial charge in [-0.25, -0.2) is 0 Å². The molecule has 0 spiro atoms. The molecule has 0 aliphatic carbocycles. The summed E-state index contributed by atoms with van der Waals surface area (Å²) in [5.41, 5.74) is 0.903. The highest BCUT2D eigenvalue weighted by Gasteiger charge is 1.98. The summed E-state index contributed by atoms with van der Waals surface area (Å²) < 4.78 is 10.2. The number of aromatic nitrogens is 1. The Labute approximate surface area is 66.3 Å². The van der Waals surface area contributed by atoms with Crippen molar-refractivity contribution < 1.29 is 9.26 Å². The van der Waals surface area contributed by atoms with Crippen LogP contribution >= 0.6 is 0 Å². The monoisotopic (exact) mass is 155 g/mol. The lowest BCUT2D eigenvalue weighted by Crippen LogP contribution is -1.91. The van der Waals surface area contributed by atoms with Gasteiger partial charge in [0.2, 0.25) is 0 Å². The predicted molar refractivity (Wildman–Crippen MR) is 41.2 cm³/mol. The summed E-state index contributed by atoms with van der Waals surface area (Å²) in [6.07, 6.45) is 1.03.